The topological polar surface area (TPSA) is 67.4 Å². The molecule has 0 spiro atoms. The van der Waals surface area contributed by atoms with Crippen LogP contribution in [0.1, 0.15) is 0 Å². The molecule has 0 bridgehead atoms. The number of hydrogen-bond acceptors (Lipinski definition) is 5. The average molecular weight is 220 g/mol. The van der Waals surface area contributed by atoms with Crippen LogP contribution in [0.2, 0.25) is 0 Å². The molecule has 0 heterocycles. The van der Waals surface area contributed by atoms with Gasteiger partial charge < -0.3 is 10.2 Å². The zero-order valence-electron chi connectivity index (χ0n) is 8.77. The number of hydrogen-bond donors (Lipinski definition) is 2. The Balaban J connectivity index is 2.57. The van der Waals surface area contributed by atoms with Crippen LogP contribution in [0, 0.1) is 0 Å². The van der Waals surface area contributed by atoms with Crippen molar-refractivity contribution in [2.75, 3.05) is 12.5 Å². The van der Waals surface area contributed by atoms with Gasteiger partial charge in [0.05, 0.1) is 7.11 Å². The number of esters is 1. The zero-order chi connectivity index (χ0) is 11.8. The van der Waals surface area contributed by atoms with Gasteiger partial charge in [0.1, 0.15) is 5.94 Å². The highest BCUT2D eigenvalue weighted by Gasteiger charge is 2.15. The lowest BCUT2D eigenvalue weighted by Crippen LogP contribution is -2.39. The fourth-order valence-electron chi connectivity index (χ4n) is 1.05. The summed E-state index contributed by atoms with van der Waals surface area (Å²) in [5.74, 6) is 0.978. The molecule has 0 saturated heterocycles. The highest BCUT2D eigenvalue weighted by Crippen LogP contribution is 2.03. The molecule has 0 amide bonds. The van der Waals surface area contributed by atoms with Gasteiger partial charge in [-0.2, -0.15) is 0 Å². The van der Waals surface area contributed by atoms with Gasteiger partial charge >= 0.3 is 5.97 Å². The lowest BCUT2D eigenvalue weighted by atomic mass is 10.3. The maximum absolute atomic E-state index is 11.2. The van der Waals surface area contributed by atoms with Crippen molar-refractivity contribution in [3.05, 3.63) is 36.4 Å². The van der Waals surface area contributed by atoms with Gasteiger partial charge in [0.25, 0.3) is 0 Å². The maximum atomic E-state index is 11.2. The summed E-state index contributed by atoms with van der Waals surface area (Å²) in [7, 11) is 1.25. The molecular formula is C11H12N2O3. The van der Waals surface area contributed by atoms with Crippen molar-refractivity contribution in [3.8, 4) is 0 Å². The second-order valence-electron chi connectivity index (χ2n) is 2.92. The van der Waals surface area contributed by atoms with E-state index in [0.717, 1.165) is 11.8 Å². The second kappa shape index (κ2) is 6.40. The summed E-state index contributed by atoms with van der Waals surface area (Å²) in [5.41, 5.74) is 6.20. The Hall–Kier alpha value is -2.10. The highest BCUT2D eigenvalue weighted by molar-refractivity contribution is 5.80. The van der Waals surface area contributed by atoms with E-state index < -0.39 is 12.0 Å². The van der Waals surface area contributed by atoms with Crippen LogP contribution >= 0.6 is 0 Å². The number of para-hydroxylation sites is 1. The molecule has 84 valence electrons. The molecule has 5 nitrogen and oxygen atoms in total. The van der Waals surface area contributed by atoms with Crippen LogP contribution in [0.5, 0.6) is 0 Å². The predicted molar refractivity (Wildman–Crippen MR) is 59.3 cm³/mol. The number of hydrazine groups is 1. The number of anilines is 1. The molecule has 0 aliphatic rings. The number of rotatable bonds is 5. The van der Waals surface area contributed by atoms with Gasteiger partial charge in [0.15, 0.2) is 6.04 Å². The van der Waals surface area contributed by atoms with Crippen LogP contribution < -0.4 is 10.9 Å². The molecule has 1 rings (SSSR count). The van der Waals surface area contributed by atoms with Crippen LogP contribution in [0.4, 0.5) is 5.69 Å². The predicted octanol–water partition coefficient (Wildman–Crippen LogP) is 0.532. The van der Waals surface area contributed by atoms with E-state index in [1.165, 1.54) is 7.11 Å². The fourth-order valence-corrected chi connectivity index (χ4v) is 1.05. The Bertz CT molecular complexity index is 385. The first kappa shape index (κ1) is 12.0. The van der Waals surface area contributed by atoms with Crippen LogP contribution in [-0.2, 0) is 14.3 Å². The van der Waals surface area contributed by atoms with Crippen molar-refractivity contribution in [2.24, 2.45) is 0 Å². The van der Waals surface area contributed by atoms with Gasteiger partial charge in [0.2, 0.25) is 0 Å². The molecule has 1 unspecified atom stereocenters. The van der Waals surface area contributed by atoms with Crippen LogP contribution in [0.15, 0.2) is 36.4 Å². The summed E-state index contributed by atoms with van der Waals surface area (Å²) in [4.78, 5) is 21.4. The van der Waals surface area contributed by atoms with Gasteiger partial charge in [-0.25, -0.2) is 15.0 Å². The molecule has 1 atom stereocenters. The third-order valence-corrected chi connectivity index (χ3v) is 1.84. The smallest absolute Gasteiger partial charge is 0.329 e. The Morgan fingerprint density at radius 1 is 1.44 bits per heavy atom. The molecule has 0 radical (unpaired) electrons. The zero-order valence-corrected chi connectivity index (χ0v) is 8.77. The Labute approximate surface area is 93.1 Å². The van der Waals surface area contributed by atoms with E-state index in [4.69, 9.17) is 0 Å². The number of carbonyl (C=O) groups is 1. The average Bonchev–Trinajstić information content (AvgIpc) is 2.34. The first-order valence-corrected chi connectivity index (χ1v) is 4.63. The molecule has 0 aliphatic carbocycles. The van der Waals surface area contributed by atoms with Crippen molar-refractivity contribution in [1.82, 2.24) is 5.43 Å². The van der Waals surface area contributed by atoms with E-state index in [9.17, 15) is 9.59 Å². The van der Waals surface area contributed by atoms with Crippen LogP contribution in [0.25, 0.3) is 0 Å². The number of methoxy groups -OCH3 is 1. The summed E-state index contributed by atoms with van der Waals surface area (Å²) < 4.78 is 4.50. The van der Waals surface area contributed by atoms with Gasteiger partial charge in [-0.3, -0.25) is 0 Å². The number of nitrogens with one attached hydrogen (secondary N) is 2. The molecular weight excluding hydrogens is 208 g/mol. The first-order valence-electron chi connectivity index (χ1n) is 4.63. The minimum absolute atomic E-state index is 0.563. The molecule has 16 heavy (non-hydrogen) atoms. The normalized spacial score (nSPS) is 11.1. The fraction of sp³-hybridized carbons (Fsp3) is 0.182. The van der Waals surface area contributed by atoms with Crippen molar-refractivity contribution < 1.29 is 14.3 Å². The SMILES string of the molecule is COC(=O)C(C=C=O)NNc1ccccc1. The number of ether oxygens (including phenoxy) is 1. The van der Waals surface area contributed by atoms with Crippen molar-refractivity contribution in [2.45, 2.75) is 6.04 Å². The lowest BCUT2D eigenvalue weighted by molar-refractivity contribution is -0.141. The van der Waals surface area contributed by atoms with Crippen molar-refractivity contribution in [1.29, 1.82) is 0 Å². The van der Waals surface area contributed by atoms with Gasteiger partial charge in [-0.15, -0.1) is 0 Å². The van der Waals surface area contributed by atoms with Crippen molar-refractivity contribution in [3.63, 3.8) is 0 Å². The third kappa shape index (κ3) is 3.57. The summed E-state index contributed by atoms with van der Waals surface area (Å²) in [5, 5.41) is 0. The van der Waals surface area contributed by atoms with E-state index in [2.05, 4.69) is 15.6 Å². The Kier molecular flexibility index (Phi) is 4.79. The maximum Gasteiger partial charge on any atom is 0.329 e. The third-order valence-electron chi connectivity index (χ3n) is 1.84. The monoisotopic (exact) mass is 220 g/mol. The minimum Gasteiger partial charge on any atom is -0.468 e. The van der Waals surface area contributed by atoms with Crippen LogP contribution in [-0.4, -0.2) is 25.1 Å². The van der Waals surface area contributed by atoms with E-state index in [1.54, 1.807) is 5.94 Å². The van der Waals surface area contributed by atoms with Crippen LogP contribution in [0.3, 0.4) is 0 Å². The number of carbonyl (C=O) groups excluding carboxylic acids is 2. The van der Waals surface area contributed by atoms with E-state index in [1.807, 2.05) is 30.3 Å². The lowest BCUT2D eigenvalue weighted by Gasteiger charge is -2.13. The first-order chi connectivity index (χ1) is 7.77. The Morgan fingerprint density at radius 3 is 2.69 bits per heavy atom. The molecule has 0 saturated carbocycles. The van der Waals surface area contributed by atoms with Crippen molar-refractivity contribution >= 4 is 17.6 Å². The molecule has 2 N–H and O–H groups in total. The van der Waals surface area contributed by atoms with E-state index >= 15 is 0 Å². The van der Waals surface area contributed by atoms with E-state index in [0.29, 0.717) is 0 Å². The largest absolute Gasteiger partial charge is 0.468 e. The summed E-state index contributed by atoms with van der Waals surface area (Å²) >= 11 is 0. The standard InChI is InChI=1S/C11H12N2O3/c1-16-11(15)10(7-8-14)13-12-9-5-3-2-4-6-9/h2-7,10,12-13H,1H3. The molecule has 1 aromatic carbocycles. The molecule has 0 aliphatic heterocycles. The molecule has 5 heteroatoms. The highest BCUT2D eigenvalue weighted by atomic mass is 16.5. The second-order valence-corrected chi connectivity index (χ2v) is 2.92. The quantitative estimate of drug-likeness (QED) is 0.430. The van der Waals surface area contributed by atoms with Gasteiger partial charge in [-0.05, 0) is 12.1 Å². The Morgan fingerprint density at radius 2 is 2.12 bits per heavy atom. The summed E-state index contributed by atoms with van der Waals surface area (Å²) in [6.07, 6.45) is 1.04. The summed E-state index contributed by atoms with van der Waals surface area (Å²) in [6, 6.07) is 8.31. The minimum atomic E-state index is -0.859. The molecule has 0 fully saturated rings. The molecule has 1 aromatic rings. The van der Waals surface area contributed by atoms with Gasteiger partial charge in [-0.1, -0.05) is 18.2 Å². The summed E-state index contributed by atoms with van der Waals surface area (Å²) in [6.45, 7) is 0. The number of benzene rings is 1. The molecule has 0 aromatic heterocycles. The van der Waals surface area contributed by atoms with Gasteiger partial charge in [0, 0.05) is 11.8 Å². The van der Waals surface area contributed by atoms with E-state index in [-0.39, 0.29) is 0 Å².